The molecule has 0 saturated carbocycles. The number of nitrogens with one attached hydrogen (secondary N) is 2. The Kier molecular flexibility index (Phi) is 5.87. The Bertz CT molecular complexity index is 747. The van der Waals surface area contributed by atoms with E-state index < -0.39 is 0 Å². The summed E-state index contributed by atoms with van der Waals surface area (Å²) in [6, 6.07) is 7.36. The Labute approximate surface area is 154 Å². The highest BCUT2D eigenvalue weighted by Crippen LogP contribution is 2.26. The number of hydrogen-bond acceptors (Lipinski definition) is 7. The summed E-state index contributed by atoms with van der Waals surface area (Å²) in [5.41, 5.74) is 1.59. The molecule has 1 fully saturated rings. The molecule has 1 aromatic heterocycles. The average molecular weight is 377 g/mol. The lowest BCUT2D eigenvalue weighted by Gasteiger charge is -2.16. The van der Waals surface area contributed by atoms with Crippen molar-refractivity contribution in [3.63, 3.8) is 0 Å². The minimum absolute atomic E-state index is 0.102. The molecular formula is C16H19N5O2S2. The van der Waals surface area contributed by atoms with Crippen molar-refractivity contribution < 1.29 is 9.59 Å². The molecule has 0 radical (unpaired) electrons. The highest BCUT2D eigenvalue weighted by Gasteiger charge is 2.21. The van der Waals surface area contributed by atoms with Crippen molar-refractivity contribution in [3.8, 4) is 0 Å². The van der Waals surface area contributed by atoms with E-state index in [0.29, 0.717) is 12.1 Å². The number of aromatic nitrogens is 2. The summed E-state index contributed by atoms with van der Waals surface area (Å²) in [7, 11) is 0. The van der Waals surface area contributed by atoms with Crippen molar-refractivity contribution in [2.45, 2.75) is 24.1 Å². The summed E-state index contributed by atoms with van der Waals surface area (Å²) < 4.78 is 0.758. The maximum atomic E-state index is 12.1. The van der Waals surface area contributed by atoms with Gasteiger partial charge in [0.25, 0.3) is 0 Å². The zero-order valence-electron chi connectivity index (χ0n) is 13.8. The number of rotatable bonds is 7. The van der Waals surface area contributed by atoms with Gasteiger partial charge in [0.2, 0.25) is 16.9 Å². The fourth-order valence-corrected chi connectivity index (χ4v) is 4.08. The molecule has 0 aliphatic carbocycles. The van der Waals surface area contributed by atoms with Crippen molar-refractivity contribution in [1.82, 2.24) is 10.2 Å². The predicted molar refractivity (Wildman–Crippen MR) is 101 cm³/mol. The van der Waals surface area contributed by atoms with Crippen molar-refractivity contribution in [1.29, 1.82) is 0 Å². The molecule has 2 aromatic rings. The summed E-state index contributed by atoms with van der Waals surface area (Å²) in [5.74, 6) is 0.324. The molecule has 0 bridgehead atoms. The minimum Gasteiger partial charge on any atom is -0.360 e. The van der Waals surface area contributed by atoms with Gasteiger partial charge in [-0.2, -0.15) is 0 Å². The summed E-state index contributed by atoms with van der Waals surface area (Å²) in [4.78, 5) is 25.6. The van der Waals surface area contributed by atoms with Gasteiger partial charge >= 0.3 is 0 Å². The van der Waals surface area contributed by atoms with Crippen LogP contribution in [0.5, 0.6) is 0 Å². The summed E-state index contributed by atoms with van der Waals surface area (Å²) in [5, 5.41) is 14.7. The highest BCUT2D eigenvalue weighted by molar-refractivity contribution is 8.01. The number of amides is 2. The Morgan fingerprint density at radius 1 is 1.32 bits per heavy atom. The van der Waals surface area contributed by atoms with Crippen LogP contribution in [0, 0.1) is 0 Å². The van der Waals surface area contributed by atoms with Gasteiger partial charge in [0.1, 0.15) is 0 Å². The number of hydrogen-bond donors (Lipinski definition) is 2. The van der Waals surface area contributed by atoms with Crippen molar-refractivity contribution in [2.75, 3.05) is 34.4 Å². The number of thioether (sulfide) groups is 1. The Morgan fingerprint density at radius 3 is 2.80 bits per heavy atom. The molecule has 0 unspecified atom stereocenters. The number of benzene rings is 1. The van der Waals surface area contributed by atoms with Crippen LogP contribution in [0.2, 0.25) is 0 Å². The molecule has 25 heavy (non-hydrogen) atoms. The quantitative estimate of drug-likeness (QED) is 0.722. The van der Waals surface area contributed by atoms with Gasteiger partial charge in [-0.05, 0) is 37.6 Å². The number of carbonyl (C=O) groups excluding carboxylic acids is 2. The lowest BCUT2D eigenvalue weighted by atomic mass is 10.2. The van der Waals surface area contributed by atoms with Crippen LogP contribution in [0.25, 0.3) is 0 Å². The van der Waals surface area contributed by atoms with Crippen LogP contribution >= 0.6 is 23.1 Å². The van der Waals surface area contributed by atoms with Crippen LogP contribution < -0.4 is 15.5 Å². The van der Waals surface area contributed by atoms with Gasteiger partial charge < -0.3 is 15.5 Å². The zero-order valence-corrected chi connectivity index (χ0v) is 15.5. The third kappa shape index (κ3) is 4.70. The predicted octanol–water partition coefficient (Wildman–Crippen LogP) is 2.83. The van der Waals surface area contributed by atoms with Gasteiger partial charge in [-0.15, -0.1) is 10.2 Å². The smallest absolute Gasteiger partial charge is 0.234 e. The largest absolute Gasteiger partial charge is 0.360 e. The number of nitrogens with zero attached hydrogens (tertiary/aromatic N) is 3. The monoisotopic (exact) mass is 377 g/mol. The fourth-order valence-electron chi connectivity index (χ4n) is 2.46. The third-order valence-corrected chi connectivity index (χ3v) is 5.61. The molecule has 7 nitrogen and oxygen atoms in total. The van der Waals surface area contributed by atoms with Crippen LogP contribution in [0.1, 0.15) is 19.8 Å². The van der Waals surface area contributed by atoms with E-state index in [-0.39, 0.29) is 17.6 Å². The Balaban J connectivity index is 1.49. The van der Waals surface area contributed by atoms with E-state index in [9.17, 15) is 9.59 Å². The molecule has 2 N–H and O–H groups in total. The van der Waals surface area contributed by atoms with Gasteiger partial charge in [0.15, 0.2) is 4.34 Å². The second-order valence-corrected chi connectivity index (χ2v) is 7.64. The fraction of sp³-hybridized carbons (Fsp3) is 0.375. The number of carbonyl (C=O) groups is 2. The van der Waals surface area contributed by atoms with Crippen molar-refractivity contribution >= 4 is 51.4 Å². The SMILES string of the molecule is CCNc1nnc(SCC(=O)Nc2ccc(N3CCCC3=O)cc2)s1. The van der Waals surface area contributed by atoms with Gasteiger partial charge in [0, 0.05) is 30.9 Å². The molecular weight excluding hydrogens is 358 g/mol. The molecule has 3 rings (SSSR count). The van der Waals surface area contributed by atoms with E-state index in [0.717, 1.165) is 34.7 Å². The second-order valence-electron chi connectivity index (χ2n) is 5.44. The van der Waals surface area contributed by atoms with E-state index in [1.54, 1.807) is 4.90 Å². The molecule has 9 heteroatoms. The first-order valence-electron chi connectivity index (χ1n) is 8.06. The molecule has 132 valence electrons. The topological polar surface area (TPSA) is 87.2 Å². The van der Waals surface area contributed by atoms with Crippen LogP contribution in [0.3, 0.4) is 0 Å². The van der Waals surface area contributed by atoms with Gasteiger partial charge in [0.05, 0.1) is 5.75 Å². The van der Waals surface area contributed by atoms with Gasteiger partial charge in [-0.25, -0.2) is 0 Å². The Hall–Kier alpha value is -2.13. The van der Waals surface area contributed by atoms with Crippen molar-refractivity contribution in [3.05, 3.63) is 24.3 Å². The number of anilines is 3. The molecule has 2 heterocycles. The maximum absolute atomic E-state index is 12.1. The van der Waals surface area contributed by atoms with Crippen molar-refractivity contribution in [2.24, 2.45) is 0 Å². The minimum atomic E-state index is -0.102. The highest BCUT2D eigenvalue weighted by atomic mass is 32.2. The second kappa shape index (κ2) is 8.30. The van der Waals surface area contributed by atoms with E-state index in [4.69, 9.17) is 0 Å². The molecule has 1 aromatic carbocycles. The molecule has 2 amide bonds. The van der Waals surface area contributed by atoms with Gasteiger partial charge in [-0.1, -0.05) is 23.1 Å². The first kappa shape index (κ1) is 17.7. The molecule has 0 atom stereocenters. The zero-order chi connectivity index (χ0) is 17.6. The lowest BCUT2D eigenvalue weighted by molar-refractivity contribution is -0.117. The Morgan fingerprint density at radius 2 is 2.12 bits per heavy atom. The first-order valence-corrected chi connectivity index (χ1v) is 9.86. The standard InChI is InChI=1S/C16H19N5O2S2/c1-2-17-15-19-20-16(25-15)24-10-13(22)18-11-5-7-12(8-6-11)21-9-3-4-14(21)23/h5-8H,2-4,9-10H2,1H3,(H,17,19)(H,18,22). The average Bonchev–Trinajstić information content (AvgIpc) is 3.23. The normalized spacial score (nSPS) is 14.0. The van der Waals surface area contributed by atoms with Crippen LogP contribution in [0.4, 0.5) is 16.5 Å². The third-order valence-electron chi connectivity index (χ3n) is 3.60. The molecule has 1 aliphatic rings. The van der Waals surface area contributed by atoms with Crippen LogP contribution in [-0.2, 0) is 9.59 Å². The molecule has 0 spiro atoms. The molecule has 1 saturated heterocycles. The summed E-state index contributed by atoms with van der Waals surface area (Å²) >= 11 is 2.79. The van der Waals surface area contributed by atoms with Gasteiger partial charge in [-0.3, -0.25) is 9.59 Å². The first-order chi connectivity index (χ1) is 12.2. The van der Waals surface area contributed by atoms with E-state index >= 15 is 0 Å². The van der Waals surface area contributed by atoms with Crippen LogP contribution in [-0.4, -0.2) is 40.9 Å². The summed E-state index contributed by atoms with van der Waals surface area (Å²) in [6.45, 7) is 3.54. The lowest BCUT2D eigenvalue weighted by Crippen LogP contribution is -2.23. The summed E-state index contributed by atoms with van der Waals surface area (Å²) in [6.07, 6.45) is 1.51. The van der Waals surface area contributed by atoms with E-state index in [1.165, 1.54) is 23.1 Å². The van der Waals surface area contributed by atoms with Crippen LogP contribution in [0.15, 0.2) is 28.6 Å². The van der Waals surface area contributed by atoms with E-state index in [2.05, 4.69) is 20.8 Å². The maximum Gasteiger partial charge on any atom is 0.234 e. The van der Waals surface area contributed by atoms with E-state index in [1.807, 2.05) is 31.2 Å². The molecule has 1 aliphatic heterocycles.